The molecular formula is C14H20N4O2. The van der Waals surface area contributed by atoms with Gasteiger partial charge < -0.3 is 14.0 Å². The summed E-state index contributed by atoms with van der Waals surface area (Å²) in [4.78, 5) is 4.67. The zero-order valence-corrected chi connectivity index (χ0v) is 11.6. The molecule has 2 unspecified atom stereocenters. The van der Waals surface area contributed by atoms with Gasteiger partial charge >= 0.3 is 0 Å². The summed E-state index contributed by atoms with van der Waals surface area (Å²) in [5, 5.41) is 0. The number of fused-ring (bicyclic) bond motifs is 1. The van der Waals surface area contributed by atoms with Gasteiger partial charge in [0.25, 0.3) is 0 Å². The maximum Gasteiger partial charge on any atom is 0.111 e. The monoisotopic (exact) mass is 276 g/mol. The lowest BCUT2D eigenvalue weighted by Crippen LogP contribution is -2.50. The van der Waals surface area contributed by atoms with Crippen LogP contribution in [0.3, 0.4) is 0 Å². The SMILES string of the molecule is Cn1c(CC(NN)C2COCCO2)nc2ccccc21. The van der Waals surface area contributed by atoms with E-state index in [9.17, 15) is 0 Å². The second kappa shape index (κ2) is 5.88. The Hall–Kier alpha value is -1.47. The van der Waals surface area contributed by atoms with Crippen molar-refractivity contribution in [2.45, 2.75) is 18.6 Å². The second-order valence-electron chi connectivity index (χ2n) is 5.04. The van der Waals surface area contributed by atoms with E-state index in [1.165, 1.54) is 0 Å². The molecule has 0 amide bonds. The van der Waals surface area contributed by atoms with Gasteiger partial charge in [0.15, 0.2) is 0 Å². The Kier molecular flexibility index (Phi) is 3.98. The van der Waals surface area contributed by atoms with Crippen molar-refractivity contribution in [1.82, 2.24) is 15.0 Å². The van der Waals surface area contributed by atoms with E-state index in [1.54, 1.807) is 0 Å². The molecule has 108 valence electrons. The van der Waals surface area contributed by atoms with Crippen LogP contribution >= 0.6 is 0 Å². The highest BCUT2D eigenvalue weighted by atomic mass is 16.6. The molecule has 1 aliphatic rings. The molecule has 20 heavy (non-hydrogen) atoms. The van der Waals surface area contributed by atoms with Crippen LogP contribution < -0.4 is 11.3 Å². The summed E-state index contributed by atoms with van der Waals surface area (Å²) in [5.41, 5.74) is 4.96. The van der Waals surface area contributed by atoms with Crippen molar-refractivity contribution < 1.29 is 9.47 Å². The van der Waals surface area contributed by atoms with Crippen molar-refractivity contribution in [3.05, 3.63) is 30.1 Å². The second-order valence-corrected chi connectivity index (χ2v) is 5.04. The predicted molar refractivity (Wildman–Crippen MR) is 76.1 cm³/mol. The Bertz CT molecular complexity index is 578. The molecule has 2 atom stereocenters. The number of benzene rings is 1. The fourth-order valence-electron chi connectivity index (χ4n) is 2.61. The van der Waals surface area contributed by atoms with Gasteiger partial charge in [-0.05, 0) is 12.1 Å². The first-order chi connectivity index (χ1) is 9.79. The van der Waals surface area contributed by atoms with Crippen LogP contribution in [0.4, 0.5) is 0 Å². The van der Waals surface area contributed by atoms with E-state index in [0.29, 0.717) is 26.2 Å². The van der Waals surface area contributed by atoms with E-state index >= 15 is 0 Å². The molecule has 6 nitrogen and oxygen atoms in total. The highest BCUT2D eigenvalue weighted by molar-refractivity contribution is 5.75. The minimum atomic E-state index is -0.0337. The van der Waals surface area contributed by atoms with Gasteiger partial charge in [0.2, 0.25) is 0 Å². The average Bonchev–Trinajstić information content (AvgIpc) is 2.82. The first kappa shape index (κ1) is 13.5. The van der Waals surface area contributed by atoms with Gasteiger partial charge in [-0.1, -0.05) is 12.1 Å². The number of para-hydroxylation sites is 2. The summed E-state index contributed by atoms with van der Waals surface area (Å²) in [6, 6.07) is 8.09. The highest BCUT2D eigenvalue weighted by Crippen LogP contribution is 2.17. The molecular weight excluding hydrogens is 256 g/mol. The average molecular weight is 276 g/mol. The van der Waals surface area contributed by atoms with Crippen LogP contribution in [0.25, 0.3) is 11.0 Å². The number of imidazole rings is 1. The zero-order chi connectivity index (χ0) is 13.9. The number of hydrogen-bond donors (Lipinski definition) is 2. The number of rotatable bonds is 4. The maximum absolute atomic E-state index is 5.71. The van der Waals surface area contributed by atoms with E-state index in [2.05, 4.69) is 21.0 Å². The topological polar surface area (TPSA) is 74.3 Å². The number of ether oxygens (including phenoxy) is 2. The lowest BCUT2D eigenvalue weighted by Gasteiger charge is -2.29. The van der Waals surface area contributed by atoms with Gasteiger partial charge in [-0.15, -0.1) is 0 Å². The van der Waals surface area contributed by atoms with Crippen molar-refractivity contribution in [2.75, 3.05) is 19.8 Å². The standard InChI is InChI=1S/C14H20N4O2/c1-18-12-5-3-2-4-10(12)16-14(18)8-11(17-15)13-9-19-6-7-20-13/h2-5,11,13,17H,6-9,15H2,1H3. The normalized spacial score (nSPS) is 21.2. The Morgan fingerprint density at radius 2 is 2.30 bits per heavy atom. The molecule has 3 N–H and O–H groups in total. The molecule has 6 heteroatoms. The third-order valence-electron chi connectivity index (χ3n) is 3.79. The van der Waals surface area contributed by atoms with Crippen LogP contribution in [-0.4, -0.2) is 41.5 Å². The van der Waals surface area contributed by atoms with Crippen molar-refractivity contribution in [3.8, 4) is 0 Å². The van der Waals surface area contributed by atoms with E-state index < -0.39 is 0 Å². The van der Waals surface area contributed by atoms with Crippen LogP contribution in [0.2, 0.25) is 0 Å². The number of aromatic nitrogens is 2. The maximum atomic E-state index is 5.71. The number of hydrogen-bond acceptors (Lipinski definition) is 5. The van der Waals surface area contributed by atoms with E-state index in [1.807, 2.05) is 25.2 Å². The smallest absolute Gasteiger partial charge is 0.111 e. The molecule has 1 aromatic heterocycles. The van der Waals surface area contributed by atoms with Gasteiger partial charge in [0, 0.05) is 13.5 Å². The zero-order valence-electron chi connectivity index (χ0n) is 11.6. The van der Waals surface area contributed by atoms with Crippen molar-refractivity contribution >= 4 is 11.0 Å². The van der Waals surface area contributed by atoms with E-state index in [4.69, 9.17) is 15.3 Å². The summed E-state index contributed by atoms with van der Waals surface area (Å²) in [6.45, 7) is 1.84. The minimum Gasteiger partial charge on any atom is -0.376 e. The Morgan fingerprint density at radius 1 is 1.45 bits per heavy atom. The largest absolute Gasteiger partial charge is 0.376 e. The number of nitrogens with one attached hydrogen (secondary N) is 1. The van der Waals surface area contributed by atoms with Gasteiger partial charge in [0.1, 0.15) is 5.82 Å². The van der Waals surface area contributed by atoms with Crippen LogP contribution in [-0.2, 0) is 22.9 Å². The Morgan fingerprint density at radius 3 is 3.00 bits per heavy atom. The van der Waals surface area contributed by atoms with Crippen LogP contribution in [0.5, 0.6) is 0 Å². The van der Waals surface area contributed by atoms with Gasteiger partial charge in [-0.3, -0.25) is 11.3 Å². The predicted octanol–water partition coefficient (Wildman–Crippen LogP) is 0.363. The molecule has 1 aliphatic heterocycles. The van der Waals surface area contributed by atoms with E-state index in [0.717, 1.165) is 16.9 Å². The van der Waals surface area contributed by atoms with E-state index in [-0.39, 0.29) is 12.1 Å². The summed E-state index contributed by atoms with van der Waals surface area (Å²) < 4.78 is 13.3. The van der Waals surface area contributed by atoms with Crippen molar-refractivity contribution in [3.63, 3.8) is 0 Å². The summed E-state index contributed by atoms with van der Waals surface area (Å²) in [5.74, 6) is 6.66. The van der Waals surface area contributed by atoms with Crippen LogP contribution in [0.1, 0.15) is 5.82 Å². The molecule has 0 bridgehead atoms. The molecule has 0 aliphatic carbocycles. The third kappa shape index (κ3) is 2.55. The van der Waals surface area contributed by atoms with Gasteiger partial charge in [0.05, 0.1) is 43.0 Å². The fraction of sp³-hybridized carbons (Fsp3) is 0.500. The number of nitrogens with two attached hydrogens (primary N) is 1. The van der Waals surface area contributed by atoms with Crippen molar-refractivity contribution in [1.29, 1.82) is 0 Å². The first-order valence-corrected chi connectivity index (χ1v) is 6.85. The minimum absolute atomic E-state index is 0.00851. The third-order valence-corrected chi connectivity index (χ3v) is 3.79. The number of hydrazine groups is 1. The highest BCUT2D eigenvalue weighted by Gasteiger charge is 2.26. The number of nitrogens with zero attached hydrogens (tertiary/aromatic N) is 2. The molecule has 2 heterocycles. The molecule has 0 saturated carbocycles. The van der Waals surface area contributed by atoms with Crippen LogP contribution in [0.15, 0.2) is 24.3 Å². The fourth-order valence-corrected chi connectivity index (χ4v) is 2.61. The van der Waals surface area contributed by atoms with Gasteiger partial charge in [-0.2, -0.15) is 0 Å². The molecule has 0 spiro atoms. The lowest BCUT2D eigenvalue weighted by molar-refractivity contribution is -0.101. The molecule has 2 aromatic rings. The molecule has 1 saturated heterocycles. The van der Waals surface area contributed by atoms with Crippen molar-refractivity contribution in [2.24, 2.45) is 12.9 Å². The molecule has 3 rings (SSSR count). The molecule has 1 aromatic carbocycles. The summed E-state index contributed by atoms with van der Waals surface area (Å²) in [6.07, 6.45) is 0.670. The summed E-state index contributed by atoms with van der Waals surface area (Å²) in [7, 11) is 2.02. The molecule has 1 fully saturated rings. The summed E-state index contributed by atoms with van der Waals surface area (Å²) >= 11 is 0. The van der Waals surface area contributed by atoms with Gasteiger partial charge in [-0.25, -0.2) is 4.98 Å². The Labute approximate surface area is 117 Å². The Balaban J connectivity index is 1.81. The number of aryl methyl sites for hydroxylation is 1. The van der Waals surface area contributed by atoms with Crippen LogP contribution in [0, 0.1) is 0 Å². The lowest BCUT2D eigenvalue weighted by atomic mass is 10.1. The first-order valence-electron chi connectivity index (χ1n) is 6.85. The molecule has 0 radical (unpaired) electrons. The quantitative estimate of drug-likeness (QED) is 0.623.